The number of likely N-dealkylation sites (tertiary alicyclic amines) is 1. The van der Waals surface area contributed by atoms with E-state index in [1.807, 2.05) is 24.0 Å². The molecule has 2 saturated heterocycles. The first-order valence-electron chi connectivity index (χ1n) is 10.5. The van der Waals surface area contributed by atoms with E-state index in [1.165, 1.54) is 31.4 Å². The van der Waals surface area contributed by atoms with E-state index in [0.717, 1.165) is 37.3 Å². The molecule has 0 N–H and O–H groups in total. The second-order valence-corrected chi connectivity index (χ2v) is 8.09. The summed E-state index contributed by atoms with van der Waals surface area (Å²) in [5, 5.41) is 4.41. The second-order valence-electron chi connectivity index (χ2n) is 8.09. The van der Waals surface area contributed by atoms with Gasteiger partial charge in [-0.1, -0.05) is 12.5 Å². The standard InChI is InChI=1S/C22H31FN4O2/c1-25-14-18(13-24-25)22-21(16-26-8-4-3-5-9-26)29-11-10-27(22)15-17-6-7-19(23)12-20(17)28-2/h6-7,12-14,21-22H,3-5,8-11,15-16H2,1-2H3/t21-,22-/m0/s1. The van der Waals surface area contributed by atoms with Crippen LogP contribution in [0.5, 0.6) is 5.75 Å². The van der Waals surface area contributed by atoms with Crippen LogP contribution in [0.3, 0.4) is 0 Å². The van der Waals surface area contributed by atoms with E-state index >= 15 is 0 Å². The Morgan fingerprint density at radius 1 is 1.21 bits per heavy atom. The minimum atomic E-state index is -0.278. The van der Waals surface area contributed by atoms with Crippen molar-refractivity contribution in [3.05, 3.63) is 47.5 Å². The number of methoxy groups -OCH3 is 1. The van der Waals surface area contributed by atoms with Crippen LogP contribution in [0.2, 0.25) is 0 Å². The van der Waals surface area contributed by atoms with Crippen molar-refractivity contribution in [2.45, 2.75) is 38.0 Å². The SMILES string of the molecule is COc1cc(F)ccc1CN1CCO[C@@H](CN2CCCCC2)[C@@H]1c1cnn(C)c1. The van der Waals surface area contributed by atoms with Crippen molar-refractivity contribution in [2.24, 2.45) is 7.05 Å². The molecule has 2 aliphatic heterocycles. The maximum Gasteiger partial charge on any atom is 0.126 e. The molecule has 7 heteroatoms. The number of nitrogens with zero attached hydrogens (tertiary/aromatic N) is 4. The van der Waals surface area contributed by atoms with Crippen molar-refractivity contribution in [2.75, 3.05) is 39.9 Å². The van der Waals surface area contributed by atoms with Gasteiger partial charge in [0, 0.05) is 50.1 Å². The van der Waals surface area contributed by atoms with Crippen molar-refractivity contribution in [1.82, 2.24) is 19.6 Å². The summed E-state index contributed by atoms with van der Waals surface area (Å²) in [6.07, 6.45) is 7.96. The average molecular weight is 403 g/mol. The maximum absolute atomic E-state index is 13.6. The lowest BCUT2D eigenvalue weighted by molar-refractivity contribution is -0.0892. The Kier molecular flexibility index (Phi) is 6.47. The fraction of sp³-hybridized carbons (Fsp3) is 0.591. The molecule has 2 aliphatic rings. The normalized spacial score (nSPS) is 24.0. The van der Waals surface area contributed by atoms with Gasteiger partial charge in [0.05, 0.1) is 32.1 Å². The molecule has 6 nitrogen and oxygen atoms in total. The van der Waals surface area contributed by atoms with Gasteiger partial charge >= 0.3 is 0 Å². The predicted molar refractivity (Wildman–Crippen MR) is 109 cm³/mol. The number of morpholine rings is 1. The Hall–Kier alpha value is -1.96. The zero-order valence-electron chi connectivity index (χ0n) is 17.4. The van der Waals surface area contributed by atoms with Gasteiger partial charge in [-0.2, -0.15) is 5.10 Å². The van der Waals surface area contributed by atoms with Crippen LogP contribution < -0.4 is 4.74 Å². The van der Waals surface area contributed by atoms with Crippen LogP contribution in [0.1, 0.15) is 36.4 Å². The van der Waals surface area contributed by atoms with Crippen molar-refractivity contribution < 1.29 is 13.9 Å². The first kappa shape index (κ1) is 20.3. The van der Waals surface area contributed by atoms with Gasteiger partial charge in [0.2, 0.25) is 0 Å². The van der Waals surface area contributed by atoms with Gasteiger partial charge in [0.15, 0.2) is 0 Å². The number of halogens is 1. The molecule has 1 aromatic carbocycles. The highest BCUT2D eigenvalue weighted by atomic mass is 19.1. The average Bonchev–Trinajstić information content (AvgIpc) is 3.16. The van der Waals surface area contributed by atoms with E-state index in [1.54, 1.807) is 7.11 Å². The summed E-state index contributed by atoms with van der Waals surface area (Å²) in [6.45, 7) is 5.41. The summed E-state index contributed by atoms with van der Waals surface area (Å²) < 4.78 is 27.2. The molecule has 158 valence electrons. The van der Waals surface area contributed by atoms with E-state index in [9.17, 15) is 4.39 Å². The fourth-order valence-corrected chi connectivity index (χ4v) is 4.60. The molecule has 0 spiro atoms. The van der Waals surface area contributed by atoms with Crippen LogP contribution in [0.4, 0.5) is 4.39 Å². The van der Waals surface area contributed by atoms with Gasteiger partial charge in [-0.15, -0.1) is 0 Å². The Balaban J connectivity index is 1.58. The smallest absolute Gasteiger partial charge is 0.126 e. The molecule has 1 aromatic heterocycles. The first-order chi connectivity index (χ1) is 14.1. The highest BCUT2D eigenvalue weighted by Gasteiger charge is 2.36. The van der Waals surface area contributed by atoms with Crippen LogP contribution in [0, 0.1) is 5.82 Å². The van der Waals surface area contributed by atoms with Crippen molar-refractivity contribution in [1.29, 1.82) is 0 Å². The lowest BCUT2D eigenvalue weighted by atomic mass is 9.98. The van der Waals surface area contributed by atoms with Crippen molar-refractivity contribution in [3.63, 3.8) is 0 Å². The van der Waals surface area contributed by atoms with E-state index in [-0.39, 0.29) is 18.0 Å². The van der Waals surface area contributed by atoms with Crippen molar-refractivity contribution in [3.8, 4) is 5.75 Å². The number of benzene rings is 1. The molecule has 0 bridgehead atoms. The number of ether oxygens (including phenoxy) is 2. The quantitative estimate of drug-likeness (QED) is 0.743. The van der Waals surface area contributed by atoms with Gasteiger partial charge < -0.3 is 14.4 Å². The Labute approximate surface area is 172 Å². The number of piperidine rings is 1. The molecule has 0 saturated carbocycles. The van der Waals surface area contributed by atoms with E-state index in [0.29, 0.717) is 18.9 Å². The van der Waals surface area contributed by atoms with Crippen molar-refractivity contribution >= 4 is 0 Å². The first-order valence-corrected chi connectivity index (χ1v) is 10.5. The van der Waals surface area contributed by atoms with Crippen LogP contribution in [0.25, 0.3) is 0 Å². The zero-order valence-corrected chi connectivity index (χ0v) is 17.4. The molecule has 0 unspecified atom stereocenters. The fourth-order valence-electron chi connectivity index (χ4n) is 4.60. The monoisotopic (exact) mass is 402 g/mol. The molecule has 2 atom stereocenters. The third-order valence-electron chi connectivity index (χ3n) is 6.03. The summed E-state index contributed by atoms with van der Waals surface area (Å²) in [6, 6.07) is 4.89. The summed E-state index contributed by atoms with van der Waals surface area (Å²) in [5.74, 6) is 0.313. The van der Waals surface area contributed by atoms with Gasteiger partial charge in [0.1, 0.15) is 11.6 Å². The third-order valence-corrected chi connectivity index (χ3v) is 6.03. The predicted octanol–water partition coefficient (Wildman–Crippen LogP) is 3.00. The van der Waals surface area contributed by atoms with Crippen LogP contribution in [-0.4, -0.2) is 65.6 Å². The lowest BCUT2D eigenvalue weighted by Crippen LogP contribution is -2.50. The van der Waals surface area contributed by atoms with Crippen LogP contribution >= 0.6 is 0 Å². The summed E-state index contributed by atoms with van der Waals surface area (Å²) in [4.78, 5) is 4.95. The molecule has 0 aliphatic carbocycles. The van der Waals surface area contributed by atoms with E-state index < -0.39 is 0 Å². The largest absolute Gasteiger partial charge is 0.496 e. The summed E-state index contributed by atoms with van der Waals surface area (Å²) >= 11 is 0. The molecular formula is C22H31FN4O2. The Morgan fingerprint density at radius 2 is 2.03 bits per heavy atom. The van der Waals surface area contributed by atoms with Gasteiger partial charge in [-0.3, -0.25) is 9.58 Å². The molecule has 0 amide bonds. The maximum atomic E-state index is 13.6. The van der Waals surface area contributed by atoms with E-state index in [4.69, 9.17) is 9.47 Å². The van der Waals surface area contributed by atoms with Gasteiger partial charge in [-0.05, 0) is 32.0 Å². The number of aromatic nitrogens is 2. The molecule has 0 radical (unpaired) electrons. The van der Waals surface area contributed by atoms with Gasteiger partial charge in [-0.25, -0.2) is 4.39 Å². The molecule has 4 rings (SSSR count). The zero-order chi connectivity index (χ0) is 20.2. The molecule has 2 fully saturated rings. The molecule has 29 heavy (non-hydrogen) atoms. The number of hydrogen-bond donors (Lipinski definition) is 0. The lowest BCUT2D eigenvalue weighted by Gasteiger charge is -2.43. The minimum absolute atomic E-state index is 0.0810. The highest BCUT2D eigenvalue weighted by molar-refractivity contribution is 5.34. The van der Waals surface area contributed by atoms with E-state index in [2.05, 4.69) is 21.1 Å². The van der Waals surface area contributed by atoms with Crippen LogP contribution in [-0.2, 0) is 18.3 Å². The molecule has 3 heterocycles. The van der Waals surface area contributed by atoms with Gasteiger partial charge in [0.25, 0.3) is 0 Å². The Morgan fingerprint density at radius 3 is 2.76 bits per heavy atom. The number of hydrogen-bond acceptors (Lipinski definition) is 5. The second kappa shape index (κ2) is 9.24. The number of aryl methyl sites for hydroxylation is 1. The minimum Gasteiger partial charge on any atom is -0.496 e. The Bertz CT molecular complexity index is 806. The highest BCUT2D eigenvalue weighted by Crippen LogP contribution is 2.33. The third kappa shape index (κ3) is 4.79. The molecule has 2 aromatic rings. The number of rotatable bonds is 6. The molecular weight excluding hydrogens is 371 g/mol. The van der Waals surface area contributed by atoms with Crippen LogP contribution in [0.15, 0.2) is 30.6 Å². The topological polar surface area (TPSA) is 42.8 Å². The summed E-state index contributed by atoms with van der Waals surface area (Å²) in [5.41, 5.74) is 2.15. The summed E-state index contributed by atoms with van der Waals surface area (Å²) in [7, 11) is 3.54.